The van der Waals surface area contributed by atoms with E-state index in [1.807, 2.05) is 11.8 Å². The standard InChI is InChI=1S/C21H21NS/c1-2-5-16-15(4-1)8-9-19-17-6-3-7-21(22-12-13-23-14-22)20(17)11-10-18(16)19/h2-3,5-7,10-11H,1,4,8-9,12-14H2. The Labute approximate surface area is 142 Å². The van der Waals surface area contributed by atoms with Crippen molar-refractivity contribution in [1.82, 2.24) is 0 Å². The molecule has 0 amide bonds. The fourth-order valence-electron chi connectivity index (χ4n) is 4.33. The smallest absolute Gasteiger partial charge is 0.0640 e. The zero-order valence-electron chi connectivity index (χ0n) is 13.3. The van der Waals surface area contributed by atoms with Crippen molar-refractivity contribution in [3.05, 3.63) is 59.2 Å². The molecule has 2 heteroatoms. The minimum atomic E-state index is 1.13. The van der Waals surface area contributed by atoms with Gasteiger partial charge in [-0.1, -0.05) is 42.0 Å². The molecule has 2 aliphatic carbocycles. The highest BCUT2D eigenvalue weighted by molar-refractivity contribution is 7.99. The number of fused-ring (bicyclic) bond motifs is 4. The van der Waals surface area contributed by atoms with Crippen molar-refractivity contribution in [1.29, 1.82) is 0 Å². The number of rotatable bonds is 1. The predicted molar refractivity (Wildman–Crippen MR) is 102 cm³/mol. The number of hydrogen-bond donors (Lipinski definition) is 0. The number of aryl methyl sites for hydroxylation is 1. The van der Waals surface area contributed by atoms with Gasteiger partial charge >= 0.3 is 0 Å². The zero-order chi connectivity index (χ0) is 15.2. The third kappa shape index (κ3) is 2.15. The molecule has 1 fully saturated rings. The number of hydrogen-bond acceptors (Lipinski definition) is 2. The van der Waals surface area contributed by atoms with Crippen LogP contribution in [0.4, 0.5) is 5.69 Å². The van der Waals surface area contributed by atoms with Gasteiger partial charge in [-0.15, -0.1) is 11.8 Å². The topological polar surface area (TPSA) is 3.24 Å². The van der Waals surface area contributed by atoms with Crippen LogP contribution in [-0.4, -0.2) is 18.2 Å². The van der Waals surface area contributed by atoms with Crippen LogP contribution in [0.15, 0.2) is 48.1 Å². The lowest BCUT2D eigenvalue weighted by Crippen LogP contribution is -2.18. The van der Waals surface area contributed by atoms with Gasteiger partial charge in [-0.3, -0.25) is 0 Å². The van der Waals surface area contributed by atoms with Gasteiger partial charge in [0.05, 0.1) is 5.88 Å². The Morgan fingerprint density at radius 2 is 1.96 bits per heavy atom. The molecule has 0 unspecified atom stereocenters. The molecule has 2 aromatic rings. The number of benzene rings is 2. The van der Waals surface area contributed by atoms with Crippen LogP contribution in [0.3, 0.4) is 0 Å². The van der Waals surface area contributed by atoms with E-state index in [0.29, 0.717) is 0 Å². The number of allylic oxidation sites excluding steroid dienone is 4. The minimum absolute atomic E-state index is 1.13. The van der Waals surface area contributed by atoms with E-state index in [1.54, 1.807) is 11.1 Å². The first-order valence-corrected chi connectivity index (χ1v) is 9.83. The van der Waals surface area contributed by atoms with Crippen LogP contribution in [0.5, 0.6) is 0 Å². The molecule has 23 heavy (non-hydrogen) atoms. The third-order valence-corrected chi connectivity index (χ3v) is 6.45. The SMILES string of the molecule is C1=CC2=C(CC1)CCc1c2ccc2c(N3CCSC3)cccc12. The van der Waals surface area contributed by atoms with Crippen LogP contribution >= 0.6 is 11.8 Å². The van der Waals surface area contributed by atoms with Gasteiger partial charge in [0, 0.05) is 23.4 Å². The first-order valence-electron chi connectivity index (χ1n) is 8.68. The summed E-state index contributed by atoms with van der Waals surface area (Å²) in [5, 5.41) is 2.92. The van der Waals surface area contributed by atoms with Gasteiger partial charge < -0.3 is 4.90 Å². The molecule has 0 bridgehead atoms. The number of thioether (sulfide) groups is 1. The van der Waals surface area contributed by atoms with E-state index in [-0.39, 0.29) is 0 Å². The highest BCUT2D eigenvalue weighted by Gasteiger charge is 2.22. The molecule has 1 nitrogen and oxygen atoms in total. The molecule has 1 aliphatic heterocycles. The quantitative estimate of drug-likeness (QED) is 0.692. The van der Waals surface area contributed by atoms with E-state index in [0.717, 1.165) is 5.88 Å². The molecule has 0 N–H and O–H groups in total. The van der Waals surface area contributed by atoms with Crippen molar-refractivity contribution in [2.24, 2.45) is 0 Å². The molecule has 0 aromatic heterocycles. The van der Waals surface area contributed by atoms with Crippen molar-refractivity contribution in [3.8, 4) is 0 Å². The Morgan fingerprint density at radius 1 is 0.957 bits per heavy atom. The average molecular weight is 319 g/mol. The molecule has 5 rings (SSSR count). The normalized spacial score (nSPS) is 20.1. The minimum Gasteiger partial charge on any atom is -0.361 e. The molecule has 3 aliphatic rings. The average Bonchev–Trinajstić information content (AvgIpc) is 3.15. The van der Waals surface area contributed by atoms with Crippen LogP contribution in [0.25, 0.3) is 16.3 Å². The summed E-state index contributed by atoms with van der Waals surface area (Å²) >= 11 is 2.04. The maximum Gasteiger partial charge on any atom is 0.0640 e. The van der Waals surface area contributed by atoms with Gasteiger partial charge in [-0.25, -0.2) is 0 Å². The predicted octanol–water partition coefficient (Wildman–Crippen LogP) is 5.40. The zero-order valence-corrected chi connectivity index (χ0v) is 14.2. The lowest BCUT2D eigenvalue weighted by atomic mass is 9.79. The van der Waals surface area contributed by atoms with Crippen molar-refractivity contribution in [2.75, 3.05) is 23.1 Å². The van der Waals surface area contributed by atoms with Crippen molar-refractivity contribution in [3.63, 3.8) is 0 Å². The fraction of sp³-hybridized carbons (Fsp3) is 0.333. The van der Waals surface area contributed by atoms with Crippen LogP contribution in [-0.2, 0) is 6.42 Å². The third-order valence-electron chi connectivity index (χ3n) is 5.49. The molecular weight excluding hydrogens is 298 g/mol. The van der Waals surface area contributed by atoms with Crippen LogP contribution < -0.4 is 4.90 Å². The van der Waals surface area contributed by atoms with Crippen molar-refractivity contribution < 1.29 is 0 Å². The van der Waals surface area contributed by atoms with Gasteiger partial charge in [0.15, 0.2) is 0 Å². The summed E-state index contributed by atoms with van der Waals surface area (Å²) in [6.07, 6.45) is 9.64. The molecule has 0 saturated carbocycles. The van der Waals surface area contributed by atoms with Crippen LogP contribution in [0.1, 0.15) is 30.4 Å². The van der Waals surface area contributed by atoms with E-state index in [1.165, 1.54) is 65.6 Å². The molecule has 0 spiro atoms. The molecule has 1 saturated heterocycles. The first kappa shape index (κ1) is 13.7. The highest BCUT2D eigenvalue weighted by Crippen LogP contribution is 2.41. The van der Waals surface area contributed by atoms with Gasteiger partial charge in [-0.2, -0.15) is 0 Å². The van der Waals surface area contributed by atoms with Crippen molar-refractivity contribution in [2.45, 2.75) is 25.7 Å². The molecule has 116 valence electrons. The summed E-state index contributed by atoms with van der Waals surface area (Å²) in [6.45, 7) is 1.18. The Balaban J connectivity index is 1.71. The molecular formula is C21H21NS. The van der Waals surface area contributed by atoms with E-state index in [9.17, 15) is 0 Å². The van der Waals surface area contributed by atoms with Gasteiger partial charge in [-0.05, 0) is 53.8 Å². The summed E-state index contributed by atoms with van der Waals surface area (Å²) in [7, 11) is 0. The lowest BCUT2D eigenvalue weighted by Gasteiger charge is -2.27. The van der Waals surface area contributed by atoms with Crippen molar-refractivity contribution >= 4 is 33.8 Å². The second-order valence-corrected chi connectivity index (χ2v) is 7.80. The summed E-state index contributed by atoms with van der Waals surface area (Å²) in [5.41, 5.74) is 7.67. The molecule has 1 heterocycles. The van der Waals surface area contributed by atoms with Gasteiger partial charge in [0.2, 0.25) is 0 Å². The van der Waals surface area contributed by atoms with Crippen LogP contribution in [0, 0.1) is 0 Å². The Morgan fingerprint density at radius 3 is 2.87 bits per heavy atom. The summed E-state index contributed by atoms with van der Waals surface area (Å²) in [6, 6.07) is 11.6. The Bertz CT molecular complexity index is 840. The van der Waals surface area contributed by atoms with Gasteiger partial charge in [0.25, 0.3) is 0 Å². The molecule has 0 atom stereocenters. The first-order chi connectivity index (χ1) is 11.4. The number of nitrogens with zero attached hydrogens (tertiary/aromatic N) is 1. The molecule has 2 aromatic carbocycles. The number of anilines is 1. The maximum atomic E-state index is 2.54. The second kappa shape index (κ2) is 5.45. The summed E-state index contributed by atoms with van der Waals surface area (Å²) in [4.78, 5) is 2.54. The van der Waals surface area contributed by atoms with E-state index >= 15 is 0 Å². The van der Waals surface area contributed by atoms with Crippen LogP contribution in [0.2, 0.25) is 0 Å². The molecule has 0 radical (unpaired) electrons. The largest absolute Gasteiger partial charge is 0.361 e. The Kier molecular flexibility index (Phi) is 3.26. The second-order valence-electron chi connectivity index (χ2n) is 6.72. The maximum absolute atomic E-state index is 2.54. The van der Waals surface area contributed by atoms with E-state index in [4.69, 9.17) is 0 Å². The summed E-state index contributed by atoms with van der Waals surface area (Å²) in [5.74, 6) is 2.39. The highest BCUT2D eigenvalue weighted by atomic mass is 32.2. The monoisotopic (exact) mass is 319 g/mol. The van der Waals surface area contributed by atoms with Gasteiger partial charge in [0.1, 0.15) is 0 Å². The lowest BCUT2D eigenvalue weighted by molar-refractivity contribution is 0.831. The van der Waals surface area contributed by atoms with E-state index in [2.05, 4.69) is 47.4 Å². The summed E-state index contributed by atoms with van der Waals surface area (Å²) < 4.78 is 0. The van der Waals surface area contributed by atoms with E-state index < -0.39 is 0 Å². The fourth-order valence-corrected chi connectivity index (χ4v) is 5.30. The Hall–Kier alpha value is -1.67.